The molecule has 0 fully saturated rings. The molecule has 11 rings (SSSR count). The molecule has 0 saturated heterocycles. The summed E-state index contributed by atoms with van der Waals surface area (Å²) in [7, 11) is 0. The van der Waals surface area contributed by atoms with Gasteiger partial charge in [0.15, 0.2) is 0 Å². The minimum atomic E-state index is -0.0978. The number of rotatable bonds is 4. The van der Waals surface area contributed by atoms with Crippen LogP contribution in [0.1, 0.15) is 20.8 Å². The molecule has 3 nitrogen and oxygen atoms in total. The Kier molecular flexibility index (Phi) is 6.81. The molecule has 0 saturated carbocycles. The first kappa shape index (κ1) is 31.7. The third kappa shape index (κ3) is 4.83. The van der Waals surface area contributed by atoms with Gasteiger partial charge in [0, 0.05) is 60.3 Å². The van der Waals surface area contributed by atoms with Crippen LogP contribution in [-0.2, 0) is 5.54 Å². The molecule has 0 aliphatic carbocycles. The Labute approximate surface area is 319 Å². The van der Waals surface area contributed by atoms with Gasteiger partial charge in [0.05, 0.1) is 22.1 Å². The standard InChI is InChI=1S/C52H39N3/c1-52(2,3)55-50-28-24-36(34-22-26-48-42(30-34)40-18-10-12-20-46(40)53(48)38-14-6-4-7-15-38)32-44(50)45-33-37(25-29-51(45)55)35-23-27-49-43(31-35)41-19-11-13-21-47(41)54(49)39-16-8-5-9-17-39/h4-33H,1-3H3. The van der Waals surface area contributed by atoms with Crippen LogP contribution in [0.3, 0.4) is 0 Å². The lowest BCUT2D eigenvalue weighted by Gasteiger charge is -2.24. The van der Waals surface area contributed by atoms with Crippen molar-refractivity contribution in [3.05, 3.63) is 182 Å². The second kappa shape index (κ2) is 11.8. The summed E-state index contributed by atoms with van der Waals surface area (Å²) in [5, 5.41) is 7.61. The van der Waals surface area contributed by atoms with Gasteiger partial charge < -0.3 is 13.7 Å². The van der Waals surface area contributed by atoms with Gasteiger partial charge in [-0.15, -0.1) is 0 Å². The van der Waals surface area contributed by atoms with E-state index in [0.29, 0.717) is 0 Å². The summed E-state index contributed by atoms with van der Waals surface area (Å²) in [5.41, 5.74) is 14.5. The highest BCUT2D eigenvalue weighted by atomic mass is 15.0. The van der Waals surface area contributed by atoms with E-state index in [2.05, 4.69) is 216 Å². The van der Waals surface area contributed by atoms with Crippen molar-refractivity contribution in [2.75, 3.05) is 0 Å². The van der Waals surface area contributed by atoms with Gasteiger partial charge in [0.1, 0.15) is 0 Å². The van der Waals surface area contributed by atoms with Crippen molar-refractivity contribution in [1.82, 2.24) is 13.7 Å². The molecule has 0 spiro atoms. The van der Waals surface area contributed by atoms with Crippen LogP contribution in [0.2, 0.25) is 0 Å². The summed E-state index contributed by atoms with van der Waals surface area (Å²) in [6.07, 6.45) is 0. The number of nitrogens with zero attached hydrogens (tertiary/aromatic N) is 3. The molecule has 0 unspecified atom stereocenters. The summed E-state index contributed by atoms with van der Waals surface area (Å²) < 4.78 is 7.28. The maximum atomic E-state index is 2.51. The van der Waals surface area contributed by atoms with Crippen molar-refractivity contribution in [2.45, 2.75) is 26.3 Å². The molecule has 0 aliphatic rings. The number of hydrogen-bond acceptors (Lipinski definition) is 0. The summed E-state index contributed by atoms with van der Waals surface area (Å²) in [5.74, 6) is 0. The number of para-hydroxylation sites is 4. The van der Waals surface area contributed by atoms with Crippen molar-refractivity contribution in [1.29, 1.82) is 0 Å². The Morgan fingerprint density at radius 3 is 0.982 bits per heavy atom. The first-order valence-electron chi connectivity index (χ1n) is 19.2. The third-order valence-corrected chi connectivity index (χ3v) is 11.5. The predicted molar refractivity (Wildman–Crippen MR) is 234 cm³/mol. The molecule has 0 N–H and O–H groups in total. The molecule has 55 heavy (non-hydrogen) atoms. The van der Waals surface area contributed by atoms with Crippen molar-refractivity contribution in [3.63, 3.8) is 0 Å². The van der Waals surface area contributed by atoms with Gasteiger partial charge in [-0.1, -0.05) is 97.1 Å². The topological polar surface area (TPSA) is 14.8 Å². The number of fused-ring (bicyclic) bond motifs is 9. The normalized spacial score (nSPS) is 12.3. The molecular weight excluding hydrogens is 667 g/mol. The van der Waals surface area contributed by atoms with Crippen molar-refractivity contribution in [2.24, 2.45) is 0 Å². The zero-order chi connectivity index (χ0) is 36.8. The van der Waals surface area contributed by atoms with E-state index in [1.807, 2.05) is 0 Å². The fourth-order valence-electron chi connectivity index (χ4n) is 9.12. The number of hydrogen-bond donors (Lipinski definition) is 0. The molecule has 8 aromatic carbocycles. The van der Waals surface area contributed by atoms with E-state index >= 15 is 0 Å². The average molecular weight is 706 g/mol. The zero-order valence-corrected chi connectivity index (χ0v) is 31.2. The first-order chi connectivity index (χ1) is 26.9. The predicted octanol–water partition coefficient (Wildman–Crippen LogP) is 14.1. The zero-order valence-electron chi connectivity index (χ0n) is 31.2. The van der Waals surface area contributed by atoms with Gasteiger partial charge in [-0.05, 0) is 128 Å². The number of aromatic nitrogens is 3. The summed E-state index contributed by atoms with van der Waals surface area (Å²) in [6, 6.07) is 66.9. The summed E-state index contributed by atoms with van der Waals surface area (Å²) in [4.78, 5) is 0. The Morgan fingerprint density at radius 1 is 0.291 bits per heavy atom. The van der Waals surface area contributed by atoms with E-state index < -0.39 is 0 Å². The van der Waals surface area contributed by atoms with Crippen molar-refractivity contribution < 1.29 is 0 Å². The monoisotopic (exact) mass is 705 g/mol. The van der Waals surface area contributed by atoms with Crippen LogP contribution < -0.4 is 0 Å². The molecular formula is C52H39N3. The SMILES string of the molecule is CC(C)(C)n1c2ccc(-c3ccc4c(c3)c3ccccc3n4-c3ccccc3)cc2c2cc(-c3ccc4c(c3)c3ccccc3n4-c3ccccc3)ccc21. The van der Waals surface area contributed by atoms with E-state index in [4.69, 9.17) is 0 Å². The summed E-state index contributed by atoms with van der Waals surface area (Å²) in [6.45, 7) is 6.92. The molecule has 0 amide bonds. The van der Waals surface area contributed by atoms with Gasteiger partial charge in [0.2, 0.25) is 0 Å². The maximum Gasteiger partial charge on any atom is 0.0541 e. The van der Waals surface area contributed by atoms with Gasteiger partial charge in [-0.3, -0.25) is 0 Å². The van der Waals surface area contributed by atoms with Crippen LogP contribution in [0.4, 0.5) is 0 Å². The Balaban J connectivity index is 1.09. The second-order valence-electron chi connectivity index (χ2n) is 15.8. The highest BCUT2D eigenvalue weighted by molar-refractivity contribution is 6.14. The quantitative estimate of drug-likeness (QED) is 0.173. The van der Waals surface area contributed by atoms with Crippen LogP contribution in [0.15, 0.2) is 182 Å². The largest absolute Gasteiger partial charge is 0.335 e. The van der Waals surface area contributed by atoms with E-state index in [-0.39, 0.29) is 5.54 Å². The Bertz CT molecular complexity index is 3060. The lowest BCUT2D eigenvalue weighted by Crippen LogP contribution is -2.21. The lowest BCUT2D eigenvalue weighted by atomic mass is 9.98. The molecule has 3 aromatic heterocycles. The molecule has 0 bridgehead atoms. The summed E-state index contributed by atoms with van der Waals surface area (Å²) >= 11 is 0. The molecule has 0 atom stereocenters. The highest BCUT2D eigenvalue weighted by Gasteiger charge is 2.22. The molecule has 11 aromatic rings. The molecule has 3 heteroatoms. The van der Waals surface area contributed by atoms with Crippen LogP contribution in [-0.4, -0.2) is 13.7 Å². The fraction of sp³-hybridized carbons (Fsp3) is 0.0769. The lowest BCUT2D eigenvalue weighted by molar-refractivity contribution is 0.423. The first-order valence-corrected chi connectivity index (χ1v) is 19.2. The minimum Gasteiger partial charge on any atom is -0.335 e. The highest BCUT2D eigenvalue weighted by Crippen LogP contribution is 2.41. The van der Waals surface area contributed by atoms with E-state index in [0.717, 1.165) is 0 Å². The molecule has 0 radical (unpaired) electrons. The Morgan fingerprint density at radius 2 is 0.600 bits per heavy atom. The molecule has 3 heterocycles. The van der Waals surface area contributed by atoms with Gasteiger partial charge in [-0.2, -0.15) is 0 Å². The number of benzene rings is 8. The average Bonchev–Trinajstić information content (AvgIpc) is 3.86. The third-order valence-electron chi connectivity index (χ3n) is 11.5. The maximum absolute atomic E-state index is 2.51. The minimum absolute atomic E-state index is 0.0978. The second-order valence-corrected chi connectivity index (χ2v) is 15.8. The Hall–Kier alpha value is -6.84. The van der Waals surface area contributed by atoms with Crippen LogP contribution in [0.25, 0.3) is 99.0 Å². The smallest absolute Gasteiger partial charge is 0.0541 e. The van der Waals surface area contributed by atoms with Crippen molar-refractivity contribution >= 4 is 65.4 Å². The van der Waals surface area contributed by atoms with Crippen molar-refractivity contribution in [3.8, 4) is 33.6 Å². The van der Waals surface area contributed by atoms with E-state index in [9.17, 15) is 0 Å². The van der Waals surface area contributed by atoms with Gasteiger partial charge >= 0.3 is 0 Å². The van der Waals surface area contributed by atoms with E-state index in [1.54, 1.807) is 0 Å². The molecule has 0 aliphatic heterocycles. The van der Waals surface area contributed by atoms with Gasteiger partial charge in [0.25, 0.3) is 0 Å². The fourth-order valence-corrected chi connectivity index (χ4v) is 9.12. The van der Waals surface area contributed by atoms with Crippen LogP contribution in [0.5, 0.6) is 0 Å². The molecule has 262 valence electrons. The van der Waals surface area contributed by atoms with Crippen LogP contribution >= 0.6 is 0 Å². The van der Waals surface area contributed by atoms with Gasteiger partial charge in [-0.25, -0.2) is 0 Å². The van der Waals surface area contributed by atoms with Crippen LogP contribution in [0, 0.1) is 0 Å². The van der Waals surface area contributed by atoms with E-state index in [1.165, 1.54) is 99.0 Å².